The highest BCUT2D eigenvalue weighted by Crippen LogP contribution is 2.17. The molecule has 0 aliphatic heterocycles. The summed E-state index contributed by atoms with van der Waals surface area (Å²) in [5, 5.41) is 18.5. The van der Waals surface area contributed by atoms with Crippen molar-refractivity contribution in [2.45, 2.75) is 26.3 Å². The zero-order valence-electron chi connectivity index (χ0n) is 15.4. The lowest BCUT2D eigenvalue weighted by Crippen LogP contribution is -2.41. The van der Waals surface area contributed by atoms with Crippen molar-refractivity contribution in [1.29, 1.82) is 5.41 Å². The lowest BCUT2D eigenvalue weighted by atomic mass is 10.1. The summed E-state index contributed by atoms with van der Waals surface area (Å²) in [6, 6.07) is 8.12. The molecule has 2 unspecified atom stereocenters. The number of amidine groups is 1. The predicted octanol–water partition coefficient (Wildman–Crippen LogP) is 1.55. The van der Waals surface area contributed by atoms with E-state index in [1.54, 1.807) is 25.1 Å². The van der Waals surface area contributed by atoms with Gasteiger partial charge in [0.15, 0.2) is 0 Å². The third-order valence-corrected chi connectivity index (χ3v) is 3.92. The maximum atomic E-state index is 12.2. The van der Waals surface area contributed by atoms with Crippen molar-refractivity contribution < 1.29 is 28.6 Å². The standard InChI is InChI=1S/C19H21N3O6/c1-10(17(23)22-11(2)18(24)25)9-14-7-8-15(27-14)19(26)28-13-5-3-12(4-6-13)16(20)21/h3-8,10-11H,9H2,1-2H3,(H3,20,21)(H,22,23)(H,24,25). The Morgan fingerprint density at radius 1 is 1.18 bits per heavy atom. The average Bonchev–Trinajstić information content (AvgIpc) is 3.10. The van der Waals surface area contributed by atoms with Gasteiger partial charge in [-0.05, 0) is 43.3 Å². The molecule has 0 saturated carbocycles. The number of nitrogens with two attached hydrogens (primary N) is 1. The highest BCUT2D eigenvalue weighted by molar-refractivity contribution is 5.95. The first-order valence-electron chi connectivity index (χ1n) is 8.46. The van der Waals surface area contributed by atoms with Crippen LogP contribution < -0.4 is 15.8 Å². The van der Waals surface area contributed by atoms with Gasteiger partial charge < -0.3 is 25.3 Å². The number of amides is 1. The molecule has 1 aromatic heterocycles. The maximum absolute atomic E-state index is 12.2. The van der Waals surface area contributed by atoms with Gasteiger partial charge >= 0.3 is 11.9 Å². The fraction of sp³-hybridized carbons (Fsp3) is 0.263. The smallest absolute Gasteiger partial charge is 0.379 e. The van der Waals surface area contributed by atoms with Crippen molar-refractivity contribution >= 4 is 23.7 Å². The van der Waals surface area contributed by atoms with E-state index in [1.807, 2.05) is 0 Å². The van der Waals surface area contributed by atoms with Crippen LogP contribution in [0.5, 0.6) is 5.75 Å². The van der Waals surface area contributed by atoms with Gasteiger partial charge in [-0.3, -0.25) is 15.0 Å². The molecule has 5 N–H and O–H groups in total. The fourth-order valence-electron chi connectivity index (χ4n) is 2.27. The molecule has 28 heavy (non-hydrogen) atoms. The molecule has 1 heterocycles. The molecule has 0 saturated heterocycles. The lowest BCUT2D eigenvalue weighted by molar-refractivity contribution is -0.141. The van der Waals surface area contributed by atoms with Gasteiger partial charge in [0.2, 0.25) is 11.7 Å². The van der Waals surface area contributed by atoms with Gasteiger partial charge in [-0.2, -0.15) is 0 Å². The van der Waals surface area contributed by atoms with Crippen LogP contribution in [0, 0.1) is 11.3 Å². The summed E-state index contributed by atoms with van der Waals surface area (Å²) in [5.41, 5.74) is 5.87. The summed E-state index contributed by atoms with van der Waals surface area (Å²) in [4.78, 5) is 34.9. The summed E-state index contributed by atoms with van der Waals surface area (Å²) >= 11 is 0. The molecular weight excluding hydrogens is 366 g/mol. The second kappa shape index (κ2) is 8.85. The van der Waals surface area contributed by atoms with Crippen LogP contribution in [0.25, 0.3) is 0 Å². The first-order chi connectivity index (χ1) is 13.2. The number of nitrogens with one attached hydrogen (secondary N) is 2. The Kier molecular flexibility index (Phi) is 6.54. The molecule has 9 heteroatoms. The highest BCUT2D eigenvalue weighted by Gasteiger charge is 2.21. The zero-order chi connectivity index (χ0) is 20.8. The number of rotatable bonds is 8. The van der Waals surface area contributed by atoms with E-state index >= 15 is 0 Å². The molecule has 0 fully saturated rings. The number of benzene rings is 1. The van der Waals surface area contributed by atoms with E-state index in [0.29, 0.717) is 11.3 Å². The molecule has 2 atom stereocenters. The molecule has 0 bridgehead atoms. The lowest BCUT2D eigenvalue weighted by Gasteiger charge is -2.13. The minimum atomic E-state index is -1.13. The summed E-state index contributed by atoms with van der Waals surface area (Å²) in [6.07, 6.45) is 0.193. The number of hydrogen-bond acceptors (Lipinski definition) is 6. The van der Waals surface area contributed by atoms with Gasteiger partial charge in [0, 0.05) is 17.9 Å². The maximum Gasteiger partial charge on any atom is 0.379 e. The van der Waals surface area contributed by atoms with Gasteiger partial charge in [-0.15, -0.1) is 0 Å². The third-order valence-electron chi connectivity index (χ3n) is 3.92. The molecule has 148 valence electrons. The van der Waals surface area contributed by atoms with E-state index < -0.39 is 29.8 Å². The largest absolute Gasteiger partial charge is 0.480 e. The minimum absolute atomic E-state index is 0.0304. The molecule has 1 aromatic carbocycles. The number of nitrogen functional groups attached to an aromatic ring is 1. The Hall–Kier alpha value is -3.62. The van der Waals surface area contributed by atoms with E-state index in [4.69, 9.17) is 25.4 Å². The number of ether oxygens (including phenoxy) is 1. The highest BCUT2D eigenvalue weighted by atomic mass is 16.5. The number of carboxylic acid groups (broad SMARTS) is 1. The number of carbonyl (C=O) groups is 3. The van der Waals surface area contributed by atoms with Crippen LogP contribution in [0.4, 0.5) is 0 Å². The van der Waals surface area contributed by atoms with Crippen molar-refractivity contribution in [3.63, 3.8) is 0 Å². The molecule has 2 rings (SSSR count). The van der Waals surface area contributed by atoms with Crippen LogP contribution in [-0.2, 0) is 16.0 Å². The molecular formula is C19H21N3O6. The Morgan fingerprint density at radius 3 is 2.39 bits per heavy atom. The number of furan rings is 1. The molecule has 0 spiro atoms. The molecule has 0 aliphatic rings. The average molecular weight is 387 g/mol. The summed E-state index contributed by atoms with van der Waals surface area (Å²) in [7, 11) is 0. The Morgan fingerprint density at radius 2 is 1.82 bits per heavy atom. The van der Waals surface area contributed by atoms with E-state index in [0.717, 1.165) is 0 Å². The van der Waals surface area contributed by atoms with Crippen molar-refractivity contribution in [3.05, 3.63) is 53.5 Å². The third kappa shape index (κ3) is 5.44. The molecule has 1 amide bonds. The summed E-state index contributed by atoms with van der Waals surface area (Å²) in [5.74, 6) is -2.27. The molecule has 0 aliphatic carbocycles. The number of carbonyl (C=O) groups excluding carboxylic acids is 2. The van der Waals surface area contributed by atoms with Crippen molar-refractivity contribution in [2.75, 3.05) is 0 Å². The predicted molar refractivity (Wildman–Crippen MR) is 99.2 cm³/mol. The van der Waals surface area contributed by atoms with Crippen molar-refractivity contribution in [3.8, 4) is 5.75 Å². The zero-order valence-corrected chi connectivity index (χ0v) is 15.4. The first-order valence-corrected chi connectivity index (χ1v) is 8.46. The molecule has 2 aromatic rings. The van der Waals surface area contributed by atoms with Crippen LogP contribution in [0.3, 0.4) is 0 Å². The van der Waals surface area contributed by atoms with Crippen LogP contribution in [-0.4, -0.2) is 34.8 Å². The van der Waals surface area contributed by atoms with Gasteiger partial charge in [0.05, 0.1) is 0 Å². The fourth-order valence-corrected chi connectivity index (χ4v) is 2.27. The first kappa shape index (κ1) is 20.7. The molecule has 0 radical (unpaired) electrons. The van der Waals surface area contributed by atoms with Crippen molar-refractivity contribution in [1.82, 2.24) is 5.32 Å². The van der Waals surface area contributed by atoms with E-state index in [-0.39, 0.29) is 23.8 Å². The number of carboxylic acids is 1. The van der Waals surface area contributed by atoms with Gasteiger partial charge in [-0.1, -0.05) is 6.92 Å². The SMILES string of the molecule is CC(Cc1ccc(C(=O)Oc2ccc(C(=N)N)cc2)o1)C(=O)NC(C)C(=O)O. The van der Waals surface area contributed by atoms with Crippen LogP contribution in [0.15, 0.2) is 40.8 Å². The van der Waals surface area contributed by atoms with Crippen molar-refractivity contribution in [2.24, 2.45) is 11.7 Å². The number of aliphatic carboxylic acids is 1. The summed E-state index contributed by atoms with van der Waals surface area (Å²) in [6.45, 7) is 3.00. The number of hydrogen-bond donors (Lipinski definition) is 4. The topological polar surface area (TPSA) is 156 Å². The second-order valence-electron chi connectivity index (χ2n) is 6.27. The van der Waals surface area contributed by atoms with Gasteiger partial charge in [-0.25, -0.2) is 4.79 Å². The minimum Gasteiger partial charge on any atom is -0.480 e. The Balaban J connectivity index is 1.95. The van der Waals surface area contributed by atoms with E-state index in [1.165, 1.54) is 25.1 Å². The normalized spacial score (nSPS) is 12.6. The van der Waals surface area contributed by atoms with E-state index in [9.17, 15) is 14.4 Å². The summed E-state index contributed by atoms with van der Waals surface area (Å²) < 4.78 is 10.6. The van der Waals surface area contributed by atoms with Crippen LogP contribution >= 0.6 is 0 Å². The van der Waals surface area contributed by atoms with Gasteiger partial charge in [0.1, 0.15) is 23.4 Å². The second-order valence-corrected chi connectivity index (χ2v) is 6.27. The Bertz CT molecular complexity index is 887. The van der Waals surface area contributed by atoms with E-state index in [2.05, 4.69) is 5.32 Å². The van der Waals surface area contributed by atoms with Gasteiger partial charge in [0.25, 0.3) is 0 Å². The number of esters is 1. The quantitative estimate of drug-likeness (QED) is 0.232. The van der Waals surface area contributed by atoms with Crippen LogP contribution in [0.2, 0.25) is 0 Å². The molecule has 9 nitrogen and oxygen atoms in total. The van der Waals surface area contributed by atoms with Crippen LogP contribution in [0.1, 0.15) is 35.7 Å². The monoisotopic (exact) mass is 387 g/mol. The Labute approximate surface area is 161 Å².